The van der Waals surface area contributed by atoms with Crippen molar-refractivity contribution in [2.24, 2.45) is 0 Å². The third-order valence-corrected chi connectivity index (χ3v) is 1.95. The lowest BCUT2D eigenvalue weighted by atomic mass is 10.2. The maximum atomic E-state index is 5.35. The fraction of sp³-hybridized carbons (Fsp3) is 0.500. The van der Waals surface area contributed by atoms with Crippen LogP contribution in [-0.4, -0.2) is 26.5 Å². The molecule has 1 N–H and O–H groups in total. The van der Waals surface area contributed by atoms with Crippen molar-refractivity contribution in [1.29, 1.82) is 0 Å². The smallest absolute Gasteiger partial charge is 0.147 e. The first-order valence-corrected chi connectivity index (χ1v) is 5.33. The molecule has 0 spiro atoms. The van der Waals surface area contributed by atoms with E-state index in [0.29, 0.717) is 20.0 Å². The Labute approximate surface area is 91.4 Å². The molecule has 0 aliphatic carbocycles. The van der Waals surface area contributed by atoms with Crippen LogP contribution in [-0.2, 0) is 16.1 Å². The van der Waals surface area contributed by atoms with Crippen molar-refractivity contribution in [1.82, 2.24) is 5.32 Å². The van der Waals surface area contributed by atoms with E-state index < -0.39 is 0 Å². The summed E-state index contributed by atoms with van der Waals surface area (Å²) in [4.78, 5) is 0. The molecule has 0 heterocycles. The van der Waals surface area contributed by atoms with E-state index in [1.807, 2.05) is 30.3 Å². The second-order valence-electron chi connectivity index (χ2n) is 3.21. The zero-order valence-electron chi connectivity index (χ0n) is 9.24. The van der Waals surface area contributed by atoms with Crippen LogP contribution in [0.1, 0.15) is 12.5 Å². The van der Waals surface area contributed by atoms with Crippen molar-refractivity contribution >= 4 is 0 Å². The molecule has 0 aliphatic rings. The SMILES string of the molecule is CCNCCOCOCc1ccccc1. The molecule has 0 aromatic heterocycles. The highest BCUT2D eigenvalue weighted by Gasteiger charge is 1.91. The predicted molar refractivity (Wildman–Crippen MR) is 60.6 cm³/mol. The monoisotopic (exact) mass is 209 g/mol. The van der Waals surface area contributed by atoms with Gasteiger partial charge in [-0.05, 0) is 12.1 Å². The Morgan fingerprint density at radius 3 is 2.67 bits per heavy atom. The zero-order valence-corrected chi connectivity index (χ0v) is 9.24. The molecule has 0 aliphatic heterocycles. The summed E-state index contributed by atoms with van der Waals surface area (Å²) >= 11 is 0. The Morgan fingerprint density at radius 2 is 1.93 bits per heavy atom. The highest BCUT2D eigenvalue weighted by Crippen LogP contribution is 1.99. The van der Waals surface area contributed by atoms with Gasteiger partial charge in [-0.2, -0.15) is 0 Å². The van der Waals surface area contributed by atoms with Gasteiger partial charge in [0.25, 0.3) is 0 Å². The molecule has 3 heteroatoms. The van der Waals surface area contributed by atoms with E-state index in [-0.39, 0.29) is 0 Å². The fourth-order valence-electron chi connectivity index (χ4n) is 1.17. The first kappa shape index (κ1) is 12.2. The van der Waals surface area contributed by atoms with Crippen LogP contribution in [0.4, 0.5) is 0 Å². The van der Waals surface area contributed by atoms with Gasteiger partial charge >= 0.3 is 0 Å². The number of rotatable bonds is 8. The van der Waals surface area contributed by atoms with Crippen molar-refractivity contribution < 1.29 is 9.47 Å². The van der Waals surface area contributed by atoms with Gasteiger partial charge in [0.2, 0.25) is 0 Å². The van der Waals surface area contributed by atoms with Crippen LogP contribution >= 0.6 is 0 Å². The van der Waals surface area contributed by atoms with Gasteiger partial charge in [-0.15, -0.1) is 0 Å². The average molecular weight is 209 g/mol. The second kappa shape index (κ2) is 8.41. The minimum absolute atomic E-state index is 0.361. The van der Waals surface area contributed by atoms with E-state index in [0.717, 1.165) is 13.1 Å². The Morgan fingerprint density at radius 1 is 1.13 bits per heavy atom. The van der Waals surface area contributed by atoms with Gasteiger partial charge in [0.1, 0.15) is 6.79 Å². The number of nitrogens with one attached hydrogen (secondary N) is 1. The van der Waals surface area contributed by atoms with E-state index in [9.17, 15) is 0 Å². The van der Waals surface area contributed by atoms with Crippen LogP contribution in [0.25, 0.3) is 0 Å². The van der Waals surface area contributed by atoms with Gasteiger partial charge in [0.15, 0.2) is 0 Å². The van der Waals surface area contributed by atoms with E-state index >= 15 is 0 Å². The summed E-state index contributed by atoms with van der Waals surface area (Å²) in [6.07, 6.45) is 0. The molecule has 1 rings (SSSR count). The molecule has 84 valence electrons. The van der Waals surface area contributed by atoms with E-state index in [4.69, 9.17) is 9.47 Å². The van der Waals surface area contributed by atoms with Gasteiger partial charge in [-0.3, -0.25) is 0 Å². The fourth-order valence-corrected chi connectivity index (χ4v) is 1.17. The van der Waals surface area contributed by atoms with Crippen LogP contribution < -0.4 is 5.32 Å². The van der Waals surface area contributed by atoms with Crippen LogP contribution in [0.15, 0.2) is 30.3 Å². The maximum absolute atomic E-state index is 5.35. The van der Waals surface area contributed by atoms with Crippen LogP contribution in [0.3, 0.4) is 0 Å². The summed E-state index contributed by atoms with van der Waals surface area (Å²) in [6, 6.07) is 10.1. The number of hydrogen-bond acceptors (Lipinski definition) is 3. The lowest BCUT2D eigenvalue weighted by molar-refractivity contribution is -0.0600. The van der Waals surface area contributed by atoms with Gasteiger partial charge in [-0.1, -0.05) is 37.3 Å². The highest BCUT2D eigenvalue weighted by atomic mass is 16.7. The van der Waals surface area contributed by atoms with Gasteiger partial charge in [-0.25, -0.2) is 0 Å². The zero-order chi connectivity index (χ0) is 10.8. The van der Waals surface area contributed by atoms with Gasteiger partial charge in [0, 0.05) is 6.54 Å². The third-order valence-electron chi connectivity index (χ3n) is 1.95. The van der Waals surface area contributed by atoms with Crippen molar-refractivity contribution in [2.75, 3.05) is 26.5 Å². The molecule has 0 atom stereocenters. The van der Waals surface area contributed by atoms with Crippen molar-refractivity contribution in [3.63, 3.8) is 0 Å². The Hall–Kier alpha value is -0.900. The first-order valence-electron chi connectivity index (χ1n) is 5.33. The molecular formula is C12H19NO2. The Balaban J connectivity index is 1.93. The molecule has 1 aromatic rings. The van der Waals surface area contributed by atoms with Gasteiger partial charge in [0.05, 0.1) is 13.2 Å². The largest absolute Gasteiger partial charge is 0.354 e. The molecule has 0 saturated heterocycles. The molecule has 0 unspecified atom stereocenters. The predicted octanol–water partition coefficient (Wildman–Crippen LogP) is 1.79. The summed E-state index contributed by atoms with van der Waals surface area (Å²) in [7, 11) is 0. The maximum Gasteiger partial charge on any atom is 0.147 e. The minimum Gasteiger partial charge on any atom is -0.354 e. The van der Waals surface area contributed by atoms with Gasteiger partial charge < -0.3 is 14.8 Å². The summed E-state index contributed by atoms with van der Waals surface area (Å²) in [6.45, 7) is 5.61. The molecule has 0 bridgehead atoms. The van der Waals surface area contributed by atoms with Crippen LogP contribution in [0.5, 0.6) is 0 Å². The lowest BCUT2D eigenvalue weighted by Gasteiger charge is -2.06. The molecule has 0 amide bonds. The topological polar surface area (TPSA) is 30.5 Å². The quantitative estimate of drug-likeness (QED) is 0.523. The van der Waals surface area contributed by atoms with E-state index in [1.165, 1.54) is 5.56 Å². The average Bonchev–Trinajstić information content (AvgIpc) is 2.29. The molecular weight excluding hydrogens is 190 g/mol. The normalized spacial score (nSPS) is 10.5. The lowest BCUT2D eigenvalue weighted by Crippen LogP contribution is -2.19. The summed E-state index contributed by atoms with van der Waals surface area (Å²) in [5.41, 5.74) is 1.17. The van der Waals surface area contributed by atoms with Crippen LogP contribution in [0.2, 0.25) is 0 Å². The molecule has 3 nitrogen and oxygen atoms in total. The second-order valence-corrected chi connectivity index (χ2v) is 3.21. The Bertz CT molecular complexity index is 239. The van der Waals surface area contributed by atoms with E-state index in [1.54, 1.807) is 0 Å². The van der Waals surface area contributed by atoms with Crippen molar-refractivity contribution in [3.05, 3.63) is 35.9 Å². The minimum atomic E-state index is 0.361. The Kier molecular flexibility index (Phi) is 6.83. The summed E-state index contributed by atoms with van der Waals surface area (Å²) < 4.78 is 10.6. The third kappa shape index (κ3) is 6.23. The summed E-state index contributed by atoms with van der Waals surface area (Å²) in [5, 5.41) is 3.18. The van der Waals surface area contributed by atoms with Crippen molar-refractivity contribution in [3.8, 4) is 0 Å². The number of benzene rings is 1. The van der Waals surface area contributed by atoms with Crippen LogP contribution in [0, 0.1) is 0 Å². The molecule has 0 saturated carbocycles. The van der Waals surface area contributed by atoms with E-state index in [2.05, 4.69) is 12.2 Å². The summed E-state index contributed by atoms with van der Waals surface area (Å²) in [5.74, 6) is 0. The molecule has 0 fully saturated rings. The molecule has 1 aromatic carbocycles. The molecule has 0 radical (unpaired) electrons. The first-order chi connectivity index (χ1) is 7.43. The number of likely N-dealkylation sites (N-methyl/N-ethyl adjacent to an activating group) is 1. The highest BCUT2D eigenvalue weighted by molar-refractivity contribution is 5.13. The molecule has 15 heavy (non-hydrogen) atoms. The van der Waals surface area contributed by atoms with Crippen molar-refractivity contribution in [2.45, 2.75) is 13.5 Å². The number of ether oxygens (including phenoxy) is 2. The standard InChI is InChI=1S/C12H19NO2/c1-2-13-8-9-14-11-15-10-12-6-4-3-5-7-12/h3-7,13H,2,8-11H2,1H3. The number of hydrogen-bond donors (Lipinski definition) is 1.